The topological polar surface area (TPSA) is 26.3 Å². The van der Waals surface area contributed by atoms with Gasteiger partial charge < -0.3 is 4.74 Å². The number of ketones is 1. The predicted octanol–water partition coefficient (Wildman–Crippen LogP) is 4.03. The number of hydrogen-bond donors (Lipinski definition) is 0. The molecule has 0 aliphatic heterocycles. The van der Waals surface area contributed by atoms with E-state index in [2.05, 4.69) is 20.7 Å². The maximum Gasteiger partial charge on any atom is 0.387 e. The van der Waals surface area contributed by atoms with Gasteiger partial charge in [-0.2, -0.15) is 8.78 Å². The van der Waals surface area contributed by atoms with Crippen LogP contribution in [0.25, 0.3) is 0 Å². The lowest BCUT2D eigenvalue weighted by Crippen LogP contribution is -2.05. The fourth-order valence-electron chi connectivity index (χ4n) is 1.27. The summed E-state index contributed by atoms with van der Waals surface area (Å²) in [7, 11) is 0. The molecule has 0 spiro atoms. The molecule has 0 aliphatic rings. The van der Waals surface area contributed by atoms with Gasteiger partial charge in [-0.1, -0.05) is 22.0 Å². The van der Waals surface area contributed by atoms with Gasteiger partial charge in [-0.05, 0) is 30.9 Å². The minimum absolute atomic E-state index is 0.0927. The van der Waals surface area contributed by atoms with Gasteiger partial charge in [0.05, 0.1) is 4.83 Å². The zero-order chi connectivity index (χ0) is 13.0. The minimum atomic E-state index is -2.87. The molecule has 94 valence electrons. The quantitative estimate of drug-likeness (QED) is 0.604. The van der Waals surface area contributed by atoms with Crippen LogP contribution in [-0.2, 0) is 4.79 Å². The Bertz CT molecular complexity index is 412. The average Bonchev–Trinajstić information content (AvgIpc) is 2.27. The number of halogens is 3. The monoisotopic (exact) mass is 324 g/mol. The maximum atomic E-state index is 12.2. The van der Waals surface area contributed by atoms with Gasteiger partial charge in [0.25, 0.3) is 0 Å². The first-order chi connectivity index (χ1) is 7.95. The smallest absolute Gasteiger partial charge is 0.387 e. The van der Waals surface area contributed by atoms with Crippen molar-refractivity contribution in [1.82, 2.24) is 0 Å². The molecule has 17 heavy (non-hydrogen) atoms. The number of rotatable bonds is 5. The summed E-state index contributed by atoms with van der Waals surface area (Å²) in [6, 6.07) is 4.83. The molecule has 1 atom stereocenters. The SMILES string of the molecule is CSc1ccc(C(Br)C(C)=O)cc1OC(F)F. The number of hydrogen-bond acceptors (Lipinski definition) is 3. The second kappa shape index (κ2) is 6.35. The summed E-state index contributed by atoms with van der Waals surface area (Å²) in [4.78, 5) is 11.3. The Kier molecular flexibility index (Phi) is 5.39. The number of benzene rings is 1. The van der Waals surface area contributed by atoms with Crippen molar-refractivity contribution < 1.29 is 18.3 Å². The molecule has 1 unspecified atom stereocenters. The van der Waals surface area contributed by atoms with Gasteiger partial charge >= 0.3 is 6.61 Å². The third kappa shape index (κ3) is 3.96. The molecule has 0 fully saturated rings. The van der Waals surface area contributed by atoms with Gasteiger partial charge in [-0.25, -0.2) is 0 Å². The van der Waals surface area contributed by atoms with Gasteiger partial charge in [-0.15, -0.1) is 11.8 Å². The van der Waals surface area contributed by atoms with Crippen LogP contribution in [0.5, 0.6) is 5.75 Å². The van der Waals surface area contributed by atoms with Crippen LogP contribution in [0, 0.1) is 0 Å². The lowest BCUT2D eigenvalue weighted by molar-refractivity contribution is -0.116. The fourth-order valence-corrected chi connectivity index (χ4v) is 2.07. The first-order valence-electron chi connectivity index (χ1n) is 4.73. The van der Waals surface area contributed by atoms with E-state index in [-0.39, 0.29) is 11.5 Å². The zero-order valence-electron chi connectivity index (χ0n) is 9.25. The molecule has 0 heterocycles. The second-order valence-electron chi connectivity index (χ2n) is 3.26. The summed E-state index contributed by atoms with van der Waals surface area (Å²) >= 11 is 4.51. The van der Waals surface area contributed by atoms with Crippen LogP contribution in [0.2, 0.25) is 0 Å². The normalized spacial score (nSPS) is 12.6. The van der Waals surface area contributed by atoms with Crippen LogP contribution < -0.4 is 4.74 Å². The summed E-state index contributed by atoms with van der Waals surface area (Å²) in [5, 5.41) is 0. The maximum absolute atomic E-state index is 12.2. The number of carbonyl (C=O) groups is 1. The molecule has 1 rings (SSSR count). The summed E-state index contributed by atoms with van der Waals surface area (Å²) in [5.74, 6) is 0.000554. The van der Waals surface area contributed by atoms with Crippen LogP contribution in [0.3, 0.4) is 0 Å². The zero-order valence-corrected chi connectivity index (χ0v) is 11.6. The number of carbonyl (C=O) groups excluding carboxylic acids is 1. The highest BCUT2D eigenvalue weighted by molar-refractivity contribution is 9.09. The lowest BCUT2D eigenvalue weighted by Gasteiger charge is -2.12. The average molecular weight is 325 g/mol. The molecule has 6 heteroatoms. The van der Waals surface area contributed by atoms with Crippen molar-refractivity contribution in [3.05, 3.63) is 23.8 Å². The van der Waals surface area contributed by atoms with Gasteiger partial charge in [0, 0.05) is 4.90 Å². The van der Waals surface area contributed by atoms with E-state index in [0.717, 1.165) is 0 Å². The Hall–Kier alpha value is -0.620. The van der Waals surface area contributed by atoms with Crippen molar-refractivity contribution in [2.45, 2.75) is 23.3 Å². The Balaban J connectivity index is 3.08. The van der Waals surface area contributed by atoms with E-state index in [1.54, 1.807) is 18.4 Å². The van der Waals surface area contributed by atoms with E-state index in [0.29, 0.717) is 10.5 Å². The fraction of sp³-hybridized carbons (Fsp3) is 0.364. The summed E-state index contributed by atoms with van der Waals surface area (Å²) in [5.41, 5.74) is 0.603. The molecule has 0 amide bonds. The van der Waals surface area contributed by atoms with Crippen LogP contribution in [0.1, 0.15) is 17.3 Å². The highest BCUT2D eigenvalue weighted by atomic mass is 79.9. The van der Waals surface area contributed by atoms with E-state index in [9.17, 15) is 13.6 Å². The Labute approximate surface area is 111 Å². The molecular weight excluding hydrogens is 314 g/mol. The molecule has 0 N–H and O–H groups in total. The lowest BCUT2D eigenvalue weighted by atomic mass is 10.1. The third-order valence-corrected chi connectivity index (χ3v) is 4.00. The van der Waals surface area contributed by atoms with Gasteiger partial charge in [0.15, 0.2) is 0 Å². The summed E-state index contributed by atoms with van der Waals surface area (Å²) in [6.45, 7) is -1.45. The van der Waals surface area contributed by atoms with Gasteiger partial charge in [0.2, 0.25) is 0 Å². The van der Waals surface area contributed by atoms with E-state index >= 15 is 0 Å². The highest BCUT2D eigenvalue weighted by Gasteiger charge is 2.16. The molecule has 1 aromatic rings. The minimum Gasteiger partial charge on any atom is -0.434 e. The molecule has 0 bridgehead atoms. The van der Waals surface area contributed by atoms with Gasteiger partial charge in [0.1, 0.15) is 11.5 Å². The molecule has 0 aromatic heterocycles. The van der Waals surface area contributed by atoms with Crippen molar-refractivity contribution in [3.8, 4) is 5.75 Å². The van der Waals surface area contributed by atoms with E-state index in [1.165, 1.54) is 24.8 Å². The second-order valence-corrected chi connectivity index (χ2v) is 5.03. The van der Waals surface area contributed by atoms with Crippen LogP contribution in [0.15, 0.2) is 23.1 Å². The molecule has 0 saturated carbocycles. The summed E-state index contributed by atoms with van der Waals surface area (Å²) in [6.07, 6.45) is 1.77. The van der Waals surface area contributed by atoms with Crippen molar-refractivity contribution >= 4 is 33.5 Å². The molecule has 0 radical (unpaired) electrons. The highest BCUT2D eigenvalue weighted by Crippen LogP contribution is 2.34. The third-order valence-electron chi connectivity index (χ3n) is 2.05. The molecule has 0 saturated heterocycles. The Morgan fingerprint density at radius 3 is 2.59 bits per heavy atom. The first-order valence-corrected chi connectivity index (χ1v) is 6.87. The molecular formula is C11H11BrF2O2S. The van der Waals surface area contributed by atoms with Crippen molar-refractivity contribution in [2.24, 2.45) is 0 Å². The number of alkyl halides is 3. The number of ether oxygens (including phenoxy) is 1. The van der Waals surface area contributed by atoms with Crippen molar-refractivity contribution in [1.29, 1.82) is 0 Å². The Morgan fingerprint density at radius 1 is 1.47 bits per heavy atom. The summed E-state index contributed by atoms with van der Waals surface area (Å²) < 4.78 is 28.9. The van der Waals surface area contributed by atoms with Crippen molar-refractivity contribution in [3.63, 3.8) is 0 Å². The largest absolute Gasteiger partial charge is 0.434 e. The van der Waals surface area contributed by atoms with Crippen LogP contribution in [0.4, 0.5) is 8.78 Å². The molecule has 0 aliphatic carbocycles. The molecule has 1 aromatic carbocycles. The van der Waals surface area contributed by atoms with Gasteiger partial charge in [-0.3, -0.25) is 4.79 Å². The first kappa shape index (κ1) is 14.4. The van der Waals surface area contributed by atoms with Crippen molar-refractivity contribution in [2.75, 3.05) is 6.26 Å². The number of Topliss-reactive ketones (excluding diaryl/α,β-unsaturated/α-hetero) is 1. The van der Waals surface area contributed by atoms with Crippen LogP contribution in [-0.4, -0.2) is 18.7 Å². The standard InChI is InChI=1S/C11H11BrF2O2S/c1-6(15)10(12)7-3-4-9(17-2)8(5-7)16-11(13)14/h3-5,10-11H,1-2H3. The Morgan fingerprint density at radius 2 is 2.12 bits per heavy atom. The van der Waals surface area contributed by atoms with E-state index < -0.39 is 11.4 Å². The van der Waals surface area contributed by atoms with E-state index in [1.807, 2.05) is 0 Å². The van der Waals surface area contributed by atoms with E-state index in [4.69, 9.17) is 0 Å². The predicted molar refractivity (Wildman–Crippen MR) is 67.2 cm³/mol. The number of thioether (sulfide) groups is 1. The molecule has 2 nitrogen and oxygen atoms in total. The van der Waals surface area contributed by atoms with Crippen LogP contribution >= 0.6 is 27.7 Å².